The van der Waals surface area contributed by atoms with E-state index in [2.05, 4.69) is 32.2 Å². The van der Waals surface area contributed by atoms with Gasteiger partial charge in [-0.05, 0) is 35.6 Å². The van der Waals surface area contributed by atoms with E-state index in [1.165, 1.54) is 18.2 Å². The van der Waals surface area contributed by atoms with Gasteiger partial charge in [-0.3, -0.25) is 0 Å². The van der Waals surface area contributed by atoms with Gasteiger partial charge in [-0.25, -0.2) is 4.39 Å². The van der Waals surface area contributed by atoms with E-state index < -0.39 is 0 Å². The van der Waals surface area contributed by atoms with Crippen LogP contribution in [0.4, 0.5) is 4.39 Å². The number of benzene rings is 1. The zero-order chi connectivity index (χ0) is 14.5. The van der Waals surface area contributed by atoms with Gasteiger partial charge in [-0.2, -0.15) is 5.26 Å². The Kier molecular flexibility index (Phi) is 5.46. The molecule has 4 heteroatoms. The lowest BCUT2D eigenvalue weighted by molar-refractivity contribution is 0.196. The molecule has 1 aromatic carbocycles. The number of aliphatic hydroxyl groups is 1. The third-order valence-electron chi connectivity index (χ3n) is 3.19. The van der Waals surface area contributed by atoms with Crippen molar-refractivity contribution in [2.45, 2.75) is 39.8 Å². The van der Waals surface area contributed by atoms with Crippen molar-refractivity contribution < 1.29 is 9.50 Å². The van der Waals surface area contributed by atoms with Gasteiger partial charge in [0.15, 0.2) is 0 Å². The summed E-state index contributed by atoms with van der Waals surface area (Å²) in [6.45, 7) is 6.76. The normalized spacial score (nSPS) is 13.1. The number of nitriles is 1. The molecule has 0 saturated carbocycles. The van der Waals surface area contributed by atoms with Crippen LogP contribution in [0.5, 0.6) is 0 Å². The number of nitrogens with one attached hydrogen (secondary N) is 1. The quantitative estimate of drug-likeness (QED) is 0.859. The average Bonchev–Trinajstić information content (AvgIpc) is 2.33. The van der Waals surface area contributed by atoms with E-state index in [1.807, 2.05) is 0 Å². The maximum Gasteiger partial charge on any atom is 0.123 e. The van der Waals surface area contributed by atoms with Crippen molar-refractivity contribution >= 4 is 0 Å². The number of hydrogen-bond acceptors (Lipinski definition) is 3. The number of nitrogens with zero attached hydrogens (tertiary/aromatic N) is 1. The number of halogens is 1. The first-order chi connectivity index (χ1) is 8.88. The third kappa shape index (κ3) is 4.62. The van der Waals surface area contributed by atoms with Crippen molar-refractivity contribution in [3.8, 4) is 6.07 Å². The fourth-order valence-electron chi connectivity index (χ4n) is 2.02. The van der Waals surface area contributed by atoms with E-state index in [0.29, 0.717) is 24.1 Å². The highest BCUT2D eigenvalue weighted by molar-refractivity contribution is 5.37. The van der Waals surface area contributed by atoms with Crippen LogP contribution in [0.3, 0.4) is 0 Å². The second kappa shape index (κ2) is 6.65. The lowest BCUT2D eigenvalue weighted by Gasteiger charge is -2.31. The summed E-state index contributed by atoms with van der Waals surface area (Å²) in [6, 6.07) is 6.32. The van der Waals surface area contributed by atoms with E-state index in [1.54, 1.807) is 0 Å². The zero-order valence-electron chi connectivity index (χ0n) is 11.7. The topological polar surface area (TPSA) is 56.0 Å². The van der Waals surface area contributed by atoms with Crippen LogP contribution in [0.15, 0.2) is 18.2 Å². The van der Waals surface area contributed by atoms with Crippen molar-refractivity contribution in [1.82, 2.24) is 5.32 Å². The molecule has 0 bridgehead atoms. The van der Waals surface area contributed by atoms with Crippen LogP contribution in [-0.2, 0) is 6.54 Å². The first-order valence-electron chi connectivity index (χ1n) is 6.41. The lowest BCUT2D eigenvalue weighted by Crippen LogP contribution is -2.40. The highest BCUT2D eigenvalue weighted by Crippen LogP contribution is 2.22. The minimum Gasteiger partial charge on any atom is -0.396 e. The van der Waals surface area contributed by atoms with E-state index in [4.69, 9.17) is 10.4 Å². The summed E-state index contributed by atoms with van der Waals surface area (Å²) in [5.41, 5.74) is 1.11. The maximum absolute atomic E-state index is 13.2. The van der Waals surface area contributed by atoms with Crippen LogP contribution in [0.25, 0.3) is 0 Å². The molecule has 0 heterocycles. The van der Waals surface area contributed by atoms with Crippen LogP contribution >= 0.6 is 0 Å². The molecule has 2 N–H and O–H groups in total. The molecule has 0 aliphatic rings. The Balaban J connectivity index is 2.80. The SMILES string of the molecule is CC(C)(C)C(CCO)NCc1cc(F)ccc1C#N. The molecule has 1 atom stereocenters. The highest BCUT2D eigenvalue weighted by Gasteiger charge is 2.23. The number of rotatable bonds is 5. The molecule has 1 unspecified atom stereocenters. The lowest BCUT2D eigenvalue weighted by atomic mass is 9.85. The van der Waals surface area contributed by atoms with Gasteiger partial charge in [0.25, 0.3) is 0 Å². The first-order valence-corrected chi connectivity index (χ1v) is 6.41. The predicted octanol–water partition coefficient (Wildman–Crippen LogP) is 2.58. The molecule has 104 valence electrons. The molecule has 1 aromatic rings. The molecule has 0 aliphatic heterocycles. The van der Waals surface area contributed by atoms with Gasteiger partial charge in [-0.15, -0.1) is 0 Å². The summed E-state index contributed by atoms with van der Waals surface area (Å²) in [7, 11) is 0. The summed E-state index contributed by atoms with van der Waals surface area (Å²) in [5, 5.41) is 21.4. The Labute approximate surface area is 114 Å². The second-order valence-electron chi connectivity index (χ2n) is 5.73. The Morgan fingerprint density at radius 3 is 2.63 bits per heavy atom. The Morgan fingerprint density at radius 2 is 2.11 bits per heavy atom. The van der Waals surface area contributed by atoms with Gasteiger partial charge >= 0.3 is 0 Å². The Hall–Kier alpha value is -1.44. The van der Waals surface area contributed by atoms with Crippen molar-refractivity contribution in [1.29, 1.82) is 5.26 Å². The minimum atomic E-state index is -0.342. The number of hydrogen-bond donors (Lipinski definition) is 2. The van der Waals surface area contributed by atoms with E-state index in [9.17, 15) is 4.39 Å². The molecule has 1 rings (SSSR count). The summed E-state index contributed by atoms with van der Waals surface area (Å²) < 4.78 is 13.2. The highest BCUT2D eigenvalue weighted by atomic mass is 19.1. The van der Waals surface area contributed by atoms with E-state index in [-0.39, 0.29) is 23.9 Å². The Bertz CT molecular complexity index is 460. The molecule has 0 aliphatic carbocycles. The maximum atomic E-state index is 13.2. The molecule has 3 nitrogen and oxygen atoms in total. The molecule has 19 heavy (non-hydrogen) atoms. The van der Waals surface area contributed by atoms with Crippen molar-refractivity contribution in [3.05, 3.63) is 35.1 Å². The van der Waals surface area contributed by atoms with E-state index >= 15 is 0 Å². The standard InChI is InChI=1S/C15H21FN2O/c1-15(2,3)14(6-7-19)18-10-12-8-13(16)5-4-11(12)9-17/h4-5,8,14,18-19H,6-7,10H2,1-3H3. The van der Waals surface area contributed by atoms with Crippen LogP contribution in [0.2, 0.25) is 0 Å². The van der Waals surface area contributed by atoms with Gasteiger partial charge in [-0.1, -0.05) is 20.8 Å². The summed E-state index contributed by atoms with van der Waals surface area (Å²) in [4.78, 5) is 0. The van der Waals surface area contributed by atoms with Gasteiger partial charge in [0.2, 0.25) is 0 Å². The monoisotopic (exact) mass is 264 g/mol. The molecular formula is C15H21FN2O. The first kappa shape index (κ1) is 15.6. The average molecular weight is 264 g/mol. The van der Waals surface area contributed by atoms with Crippen LogP contribution < -0.4 is 5.32 Å². The summed E-state index contributed by atoms with van der Waals surface area (Å²) in [5.74, 6) is -0.342. The van der Waals surface area contributed by atoms with Crippen LogP contribution in [0, 0.1) is 22.6 Å². The predicted molar refractivity (Wildman–Crippen MR) is 72.9 cm³/mol. The smallest absolute Gasteiger partial charge is 0.123 e. The fourth-order valence-corrected chi connectivity index (χ4v) is 2.02. The second-order valence-corrected chi connectivity index (χ2v) is 5.73. The Morgan fingerprint density at radius 1 is 1.42 bits per heavy atom. The van der Waals surface area contributed by atoms with Gasteiger partial charge < -0.3 is 10.4 Å². The van der Waals surface area contributed by atoms with Crippen molar-refractivity contribution in [2.75, 3.05) is 6.61 Å². The zero-order valence-corrected chi connectivity index (χ0v) is 11.7. The fraction of sp³-hybridized carbons (Fsp3) is 0.533. The molecule has 0 saturated heterocycles. The van der Waals surface area contributed by atoms with Gasteiger partial charge in [0, 0.05) is 19.2 Å². The molecule has 0 aromatic heterocycles. The molecule has 0 fully saturated rings. The van der Waals surface area contributed by atoms with Crippen molar-refractivity contribution in [2.24, 2.45) is 5.41 Å². The molecule has 0 amide bonds. The van der Waals surface area contributed by atoms with Crippen LogP contribution in [-0.4, -0.2) is 17.8 Å². The van der Waals surface area contributed by atoms with E-state index in [0.717, 1.165) is 0 Å². The molecular weight excluding hydrogens is 243 g/mol. The molecule has 0 spiro atoms. The minimum absolute atomic E-state index is 0.0111. The van der Waals surface area contributed by atoms with Gasteiger partial charge in [0.1, 0.15) is 5.82 Å². The largest absolute Gasteiger partial charge is 0.396 e. The summed E-state index contributed by atoms with van der Waals surface area (Å²) >= 11 is 0. The molecule has 0 radical (unpaired) electrons. The number of aliphatic hydroxyl groups excluding tert-OH is 1. The van der Waals surface area contributed by atoms with Crippen molar-refractivity contribution in [3.63, 3.8) is 0 Å². The van der Waals surface area contributed by atoms with Crippen LogP contribution in [0.1, 0.15) is 38.3 Å². The summed E-state index contributed by atoms with van der Waals surface area (Å²) in [6.07, 6.45) is 0.626. The third-order valence-corrected chi connectivity index (χ3v) is 3.19. The van der Waals surface area contributed by atoms with Gasteiger partial charge in [0.05, 0.1) is 11.6 Å².